The number of carbonyl (C=O) groups excluding carboxylic acids is 2. The van der Waals surface area contributed by atoms with Gasteiger partial charge in [0.1, 0.15) is 16.3 Å². The van der Waals surface area contributed by atoms with Crippen molar-refractivity contribution in [1.82, 2.24) is 15.2 Å². The zero-order valence-corrected chi connectivity index (χ0v) is 13.7. The van der Waals surface area contributed by atoms with Crippen LogP contribution in [0.15, 0.2) is 6.07 Å². The number of likely N-dealkylation sites (tertiary alicyclic amines) is 1. The number of pyridine rings is 1. The lowest BCUT2D eigenvalue weighted by molar-refractivity contribution is -0.131. The van der Waals surface area contributed by atoms with Gasteiger partial charge in [-0.25, -0.2) is 4.98 Å². The van der Waals surface area contributed by atoms with Gasteiger partial charge in [0, 0.05) is 18.7 Å². The number of piperidine rings is 2. The van der Waals surface area contributed by atoms with Gasteiger partial charge in [-0.1, -0.05) is 23.2 Å². The van der Waals surface area contributed by atoms with Crippen LogP contribution in [0.3, 0.4) is 0 Å². The molecule has 1 aromatic rings. The average Bonchev–Trinajstić information content (AvgIpc) is 2.50. The molecular weight excluding hydrogens is 325 g/mol. The van der Waals surface area contributed by atoms with Crippen LogP contribution < -0.4 is 5.32 Å². The zero-order chi connectivity index (χ0) is 15.9. The number of fused-ring (bicyclic) bond motifs is 1. The summed E-state index contributed by atoms with van der Waals surface area (Å²) in [6, 6.07) is 1.13. The molecule has 2 amide bonds. The van der Waals surface area contributed by atoms with E-state index in [0.29, 0.717) is 24.2 Å². The van der Waals surface area contributed by atoms with Crippen molar-refractivity contribution >= 4 is 35.0 Å². The van der Waals surface area contributed by atoms with Crippen molar-refractivity contribution in [3.63, 3.8) is 0 Å². The van der Waals surface area contributed by atoms with Crippen LogP contribution in [0.5, 0.6) is 0 Å². The minimum atomic E-state index is -0.389. The molecule has 0 aliphatic carbocycles. The molecule has 0 saturated carbocycles. The van der Waals surface area contributed by atoms with E-state index in [2.05, 4.69) is 10.3 Å². The smallest absolute Gasteiger partial charge is 0.255 e. The summed E-state index contributed by atoms with van der Waals surface area (Å²) in [7, 11) is 0. The third-order valence-electron chi connectivity index (χ3n) is 4.51. The molecule has 1 aromatic heterocycles. The van der Waals surface area contributed by atoms with Gasteiger partial charge in [0.2, 0.25) is 5.91 Å². The van der Waals surface area contributed by atoms with E-state index < -0.39 is 0 Å². The molecule has 3 rings (SSSR count). The first kappa shape index (κ1) is 15.6. The second kappa shape index (κ2) is 6.05. The molecule has 22 heavy (non-hydrogen) atoms. The Morgan fingerprint density at radius 2 is 2.18 bits per heavy atom. The maximum Gasteiger partial charge on any atom is 0.255 e. The van der Waals surface area contributed by atoms with Crippen LogP contribution in [0.1, 0.15) is 35.2 Å². The summed E-state index contributed by atoms with van der Waals surface area (Å²) in [6.07, 6.45) is 2.81. The van der Waals surface area contributed by atoms with Gasteiger partial charge < -0.3 is 10.2 Å². The molecule has 0 spiro atoms. The van der Waals surface area contributed by atoms with Gasteiger partial charge in [-0.3, -0.25) is 9.59 Å². The summed E-state index contributed by atoms with van der Waals surface area (Å²) < 4.78 is 0. The Morgan fingerprint density at radius 1 is 1.41 bits per heavy atom. The Labute approximate surface area is 139 Å². The molecule has 2 fully saturated rings. The highest BCUT2D eigenvalue weighted by Crippen LogP contribution is 2.31. The Morgan fingerprint density at radius 3 is 2.95 bits per heavy atom. The van der Waals surface area contributed by atoms with Gasteiger partial charge in [0.25, 0.3) is 5.91 Å². The molecule has 2 aliphatic rings. The van der Waals surface area contributed by atoms with Gasteiger partial charge >= 0.3 is 0 Å². The predicted octanol–water partition coefficient (Wildman–Crippen LogP) is 2.44. The Balaban J connectivity index is 1.95. The molecule has 0 aromatic carbocycles. The molecule has 7 heteroatoms. The molecule has 1 N–H and O–H groups in total. The maximum absolute atomic E-state index is 12.9. The van der Waals surface area contributed by atoms with Crippen LogP contribution in [-0.2, 0) is 4.79 Å². The fraction of sp³-hybridized carbons (Fsp3) is 0.533. The number of nitrogens with one attached hydrogen (secondary N) is 1. The third-order valence-corrected chi connectivity index (χ3v) is 5.07. The van der Waals surface area contributed by atoms with Crippen molar-refractivity contribution in [2.45, 2.75) is 32.2 Å². The van der Waals surface area contributed by atoms with Crippen LogP contribution in [-0.4, -0.2) is 40.8 Å². The molecule has 2 atom stereocenters. The SMILES string of the molecule is Cc1c(C(=O)N2CCCC3CCNC(=O)C32)cc(Cl)nc1Cl. The lowest BCUT2D eigenvalue weighted by Gasteiger charge is -2.43. The molecule has 5 nitrogen and oxygen atoms in total. The number of nitrogens with zero attached hydrogens (tertiary/aromatic N) is 2. The van der Waals surface area contributed by atoms with E-state index in [0.717, 1.165) is 19.3 Å². The highest BCUT2D eigenvalue weighted by molar-refractivity contribution is 6.33. The van der Waals surface area contributed by atoms with Gasteiger partial charge in [0.05, 0.1) is 0 Å². The molecule has 3 heterocycles. The second-order valence-corrected chi connectivity index (χ2v) is 6.58. The van der Waals surface area contributed by atoms with Crippen molar-refractivity contribution in [2.24, 2.45) is 5.92 Å². The van der Waals surface area contributed by atoms with E-state index in [1.807, 2.05) is 0 Å². The quantitative estimate of drug-likeness (QED) is 0.798. The first-order valence-corrected chi connectivity index (χ1v) is 8.16. The zero-order valence-electron chi connectivity index (χ0n) is 12.2. The standard InChI is InChI=1S/C15H17Cl2N3O2/c1-8-10(7-11(16)19-13(8)17)15(22)20-6-2-3-9-4-5-18-14(21)12(9)20/h7,9,12H,2-6H2,1H3,(H,18,21). The molecule has 2 unspecified atom stereocenters. The molecule has 0 bridgehead atoms. The van der Waals surface area contributed by atoms with Gasteiger partial charge in [-0.05, 0) is 43.7 Å². The van der Waals surface area contributed by atoms with Crippen LogP contribution in [0.25, 0.3) is 0 Å². The lowest BCUT2D eigenvalue weighted by atomic mass is 9.83. The fourth-order valence-corrected chi connectivity index (χ4v) is 3.80. The Bertz CT molecular complexity index is 633. The number of hydrogen-bond donors (Lipinski definition) is 1. The first-order chi connectivity index (χ1) is 10.5. The number of carbonyl (C=O) groups is 2. The van der Waals surface area contributed by atoms with Crippen molar-refractivity contribution in [3.05, 3.63) is 27.5 Å². The van der Waals surface area contributed by atoms with E-state index in [4.69, 9.17) is 23.2 Å². The maximum atomic E-state index is 12.9. The van der Waals surface area contributed by atoms with Crippen molar-refractivity contribution in [1.29, 1.82) is 0 Å². The number of amides is 2. The number of aromatic nitrogens is 1. The highest BCUT2D eigenvalue weighted by atomic mass is 35.5. The summed E-state index contributed by atoms with van der Waals surface area (Å²) >= 11 is 11.9. The van der Waals surface area contributed by atoms with Crippen molar-refractivity contribution < 1.29 is 9.59 Å². The first-order valence-electron chi connectivity index (χ1n) is 7.40. The Kier molecular flexibility index (Phi) is 4.28. The average molecular weight is 342 g/mol. The van der Waals surface area contributed by atoms with Crippen LogP contribution in [0.4, 0.5) is 0 Å². The van der Waals surface area contributed by atoms with Crippen molar-refractivity contribution in [2.75, 3.05) is 13.1 Å². The van der Waals surface area contributed by atoms with E-state index in [1.54, 1.807) is 11.8 Å². The van der Waals surface area contributed by atoms with Gasteiger partial charge in [-0.2, -0.15) is 0 Å². The normalized spacial score (nSPS) is 24.7. The number of rotatable bonds is 1. The van der Waals surface area contributed by atoms with E-state index in [9.17, 15) is 9.59 Å². The molecule has 0 radical (unpaired) electrons. The van der Waals surface area contributed by atoms with Crippen molar-refractivity contribution in [3.8, 4) is 0 Å². The minimum Gasteiger partial charge on any atom is -0.354 e. The van der Waals surface area contributed by atoms with Crippen LogP contribution in [0.2, 0.25) is 10.3 Å². The molecule has 118 valence electrons. The monoisotopic (exact) mass is 341 g/mol. The predicted molar refractivity (Wildman–Crippen MR) is 84.2 cm³/mol. The summed E-state index contributed by atoms with van der Waals surface area (Å²) in [6.45, 7) is 3.00. The van der Waals surface area contributed by atoms with Gasteiger partial charge in [0.15, 0.2) is 0 Å². The number of halogens is 2. The molecule has 2 saturated heterocycles. The topological polar surface area (TPSA) is 62.3 Å². The number of hydrogen-bond acceptors (Lipinski definition) is 3. The summed E-state index contributed by atoms with van der Waals surface area (Å²) in [5, 5.41) is 3.26. The summed E-state index contributed by atoms with van der Waals surface area (Å²) in [5.74, 6) is -0.0248. The third kappa shape index (κ3) is 2.68. The minimum absolute atomic E-state index is 0.0618. The van der Waals surface area contributed by atoms with E-state index in [1.165, 1.54) is 6.07 Å². The summed E-state index contributed by atoms with van der Waals surface area (Å²) in [5.41, 5.74) is 1.01. The second-order valence-electron chi connectivity index (χ2n) is 5.83. The lowest BCUT2D eigenvalue weighted by Crippen LogP contribution is -2.59. The van der Waals surface area contributed by atoms with Gasteiger partial charge in [-0.15, -0.1) is 0 Å². The molecular formula is C15H17Cl2N3O2. The van der Waals surface area contributed by atoms with E-state index >= 15 is 0 Å². The van der Waals surface area contributed by atoms with Crippen LogP contribution in [0, 0.1) is 12.8 Å². The highest BCUT2D eigenvalue weighted by Gasteiger charge is 2.41. The fourth-order valence-electron chi connectivity index (χ4n) is 3.37. The Hall–Kier alpha value is -1.33. The van der Waals surface area contributed by atoms with E-state index in [-0.39, 0.29) is 34.1 Å². The van der Waals surface area contributed by atoms with Crippen LogP contribution >= 0.6 is 23.2 Å². The molecule has 2 aliphatic heterocycles. The largest absolute Gasteiger partial charge is 0.354 e. The summed E-state index contributed by atoms with van der Waals surface area (Å²) in [4.78, 5) is 30.8.